The Balaban J connectivity index is 1.90. The third-order valence-corrected chi connectivity index (χ3v) is 5.13. The Labute approximate surface area is 157 Å². The number of carbonyl (C=O) groups excluding carboxylic acids is 1. The van der Waals surface area contributed by atoms with E-state index in [1.807, 2.05) is 50.9 Å². The van der Waals surface area contributed by atoms with Crippen molar-refractivity contribution in [2.24, 2.45) is 7.05 Å². The summed E-state index contributed by atoms with van der Waals surface area (Å²) in [5.74, 6) is 1.41. The maximum absolute atomic E-state index is 12.7. The molecule has 4 heterocycles. The van der Waals surface area contributed by atoms with Crippen molar-refractivity contribution in [3.8, 4) is 11.5 Å². The van der Waals surface area contributed by atoms with Crippen LogP contribution in [-0.2, 0) is 11.8 Å². The second-order valence-corrected chi connectivity index (χ2v) is 6.78. The monoisotopic (exact) mass is 365 g/mol. The van der Waals surface area contributed by atoms with Gasteiger partial charge in [-0.2, -0.15) is 5.10 Å². The van der Waals surface area contributed by atoms with E-state index in [2.05, 4.69) is 15.0 Å². The first-order chi connectivity index (χ1) is 13.0. The van der Waals surface area contributed by atoms with Crippen molar-refractivity contribution >= 4 is 22.8 Å². The van der Waals surface area contributed by atoms with Crippen LogP contribution in [0.25, 0.3) is 22.6 Å². The zero-order valence-electron chi connectivity index (χ0n) is 16.0. The molecule has 1 amide bonds. The lowest BCUT2D eigenvalue weighted by molar-refractivity contribution is -0.133. The summed E-state index contributed by atoms with van der Waals surface area (Å²) in [4.78, 5) is 30.6. The number of hydrogen-bond acceptors (Lipinski definition) is 6. The van der Waals surface area contributed by atoms with Gasteiger partial charge < -0.3 is 9.80 Å². The molecule has 0 bridgehead atoms. The summed E-state index contributed by atoms with van der Waals surface area (Å²) in [6, 6.07) is 5.38. The highest BCUT2D eigenvalue weighted by atomic mass is 16.2. The molecule has 27 heavy (non-hydrogen) atoms. The molecule has 4 rings (SSSR count). The Kier molecular flexibility index (Phi) is 4.25. The molecule has 1 fully saturated rings. The van der Waals surface area contributed by atoms with Gasteiger partial charge in [-0.1, -0.05) is 6.07 Å². The van der Waals surface area contributed by atoms with Crippen LogP contribution in [0.1, 0.15) is 19.5 Å². The van der Waals surface area contributed by atoms with Crippen molar-refractivity contribution in [2.45, 2.75) is 26.8 Å². The Bertz CT molecular complexity index is 998. The van der Waals surface area contributed by atoms with Crippen LogP contribution >= 0.6 is 0 Å². The highest BCUT2D eigenvalue weighted by Crippen LogP contribution is 2.31. The van der Waals surface area contributed by atoms with Crippen molar-refractivity contribution in [1.82, 2.24) is 29.6 Å². The largest absolute Gasteiger partial charge is 0.342 e. The number of aryl methyl sites for hydroxylation is 2. The van der Waals surface area contributed by atoms with Gasteiger partial charge in [0.25, 0.3) is 0 Å². The molecular formula is C19H23N7O. The molecule has 1 saturated heterocycles. The number of anilines is 1. The molecule has 1 aliphatic rings. The molecule has 8 nitrogen and oxygen atoms in total. The maximum Gasteiger partial charge on any atom is 0.245 e. The summed E-state index contributed by atoms with van der Waals surface area (Å²) in [5, 5.41) is 5.42. The van der Waals surface area contributed by atoms with Gasteiger partial charge in [0.15, 0.2) is 11.5 Å². The third-order valence-electron chi connectivity index (χ3n) is 5.13. The molecule has 0 spiro atoms. The van der Waals surface area contributed by atoms with Crippen LogP contribution in [0.2, 0.25) is 0 Å². The topological polar surface area (TPSA) is 80.0 Å². The van der Waals surface area contributed by atoms with Crippen LogP contribution < -0.4 is 4.90 Å². The highest BCUT2D eigenvalue weighted by molar-refractivity contribution is 5.94. The molecule has 0 aromatic carbocycles. The van der Waals surface area contributed by atoms with Crippen LogP contribution in [0.15, 0.2) is 24.4 Å². The molecule has 3 aromatic heterocycles. The summed E-state index contributed by atoms with van der Waals surface area (Å²) in [6.07, 6.45) is 1.73. The molecule has 1 atom stereocenters. The Morgan fingerprint density at radius 2 is 2.04 bits per heavy atom. The molecule has 8 heteroatoms. The standard InChI is InChI=1S/C19H23N7O/c1-5-25-10-11-26(13(3)19(25)27)18-15-12(2)23-24(4)17(15)21-16(22-18)14-8-6-7-9-20-14/h6-9,13H,5,10-11H2,1-4H3. The molecule has 0 saturated carbocycles. The highest BCUT2D eigenvalue weighted by Gasteiger charge is 2.33. The minimum Gasteiger partial charge on any atom is -0.342 e. The average Bonchev–Trinajstić information content (AvgIpc) is 2.98. The summed E-state index contributed by atoms with van der Waals surface area (Å²) < 4.78 is 1.76. The van der Waals surface area contributed by atoms with E-state index in [4.69, 9.17) is 9.97 Å². The molecular weight excluding hydrogens is 342 g/mol. The van der Waals surface area contributed by atoms with Gasteiger partial charge in [-0.25, -0.2) is 9.97 Å². The van der Waals surface area contributed by atoms with Crippen LogP contribution in [0.5, 0.6) is 0 Å². The minimum absolute atomic E-state index is 0.122. The van der Waals surface area contributed by atoms with Crippen molar-refractivity contribution in [2.75, 3.05) is 24.5 Å². The quantitative estimate of drug-likeness (QED) is 0.704. The van der Waals surface area contributed by atoms with Crippen LogP contribution in [0, 0.1) is 6.92 Å². The van der Waals surface area contributed by atoms with Gasteiger partial charge in [0.2, 0.25) is 5.91 Å². The Morgan fingerprint density at radius 1 is 1.22 bits per heavy atom. The number of pyridine rings is 1. The lowest BCUT2D eigenvalue weighted by atomic mass is 10.1. The number of carbonyl (C=O) groups is 1. The first-order valence-corrected chi connectivity index (χ1v) is 9.19. The summed E-state index contributed by atoms with van der Waals surface area (Å²) >= 11 is 0. The second kappa shape index (κ2) is 6.61. The van der Waals surface area contributed by atoms with Gasteiger partial charge in [0, 0.05) is 32.9 Å². The molecule has 3 aromatic rings. The zero-order valence-corrected chi connectivity index (χ0v) is 16.0. The molecule has 0 aliphatic carbocycles. The van der Waals surface area contributed by atoms with Crippen LogP contribution in [0.4, 0.5) is 5.82 Å². The first-order valence-electron chi connectivity index (χ1n) is 9.19. The molecule has 140 valence electrons. The van der Waals surface area contributed by atoms with Crippen molar-refractivity contribution < 1.29 is 4.79 Å². The van der Waals surface area contributed by atoms with Gasteiger partial charge in [0.05, 0.1) is 11.1 Å². The average molecular weight is 365 g/mol. The predicted molar refractivity (Wildman–Crippen MR) is 103 cm³/mol. The number of nitrogens with zero attached hydrogens (tertiary/aromatic N) is 7. The lowest BCUT2D eigenvalue weighted by Gasteiger charge is -2.39. The lowest BCUT2D eigenvalue weighted by Crippen LogP contribution is -2.56. The number of amides is 1. The van der Waals surface area contributed by atoms with Crippen molar-refractivity contribution in [3.63, 3.8) is 0 Å². The van der Waals surface area contributed by atoms with E-state index in [1.165, 1.54) is 0 Å². The van der Waals surface area contributed by atoms with E-state index in [-0.39, 0.29) is 11.9 Å². The van der Waals surface area contributed by atoms with Gasteiger partial charge >= 0.3 is 0 Å². The molecule has 0 radical (unpaired) electrons. The van der Waals surface area contributed by atoms with Crippen LogP contribution in [-0.4, -0.2) is 61.2 Å². The van der Waals surface area contributed by atoms with Crippen molar-refractivity contribution in [1.29, 1.82) is 0 Å². The number of hydrogen-bond donors (Lipinski definition) is 0. The van der Waals surface area contributed by atoms with E-state index in [0.29, 0.717) is 18.1 Å². The van der Waals surface area contributed by atoms with E-state index in [0.717, 1.165) is 35.6 Å². The number of likely N-dealkylation sites (N-methyl/N-ethyl adjacent to an activating group) is 1. The Hall–Kier alpha value is -3.03. The molecule has 1 aliphatic heterocycles. The van der Waals surface area contributed by atoms with E-state index < -0.39 is 0 Å². The van der Waals surface area contributed by atoms with E-state index >= 15 is 0 Å². The summed E-state index contributed by atoms with van der Waals surface area (Å²) in [6.45, 7) is 8.02. The second-order valence-electron chi connectivity index (χ2n) is 6.78. The first kappa shape index (κ1) is 17.4. The molecule has 1 unspecified atom stereocenters. The smallest absolute Gasteiger partial charge is 0.245 e. The fourth-order valence-electron chi connectivity index (χ4n) is 3.67. The maximum atomic E-state index is 12.7. The fraction of sp³-hybridized carbons (Fsp3) is 0.421. The Morgan fingerprint density at radius 3 is 2.74 bits per heavy atom. The number of rotatable bonds is 3. The normalized spacial score (nSPS) is 17.8. The number of aromatic nitrogens is 5. The summed E-state index contributed by atoms with van der Waals surface area (Å²) in [7, 11) is 1.87. The van der Waals surface area contributed by atoms with E-state index in [1.54, 1.807) is 10.9 Å². The third kappa shape index (κ3) is 2.81. The number of fused-ring (bicyclic) bond motifs is 1. The van der Waals surface area contributed by atoms with Crippen LogP contribution in [0.3, 0.4) is 0 Å². The predicted octanol–water partition coefficient (Wildman–Crippen LogP) is 1.79. The zero-order chi connectivity index (χ0) is 19.1. The minimum atomic E-state index is -0.284. The van der Waals surface area contributed by atoms with Gasteiger partial charge in [-0.3, -0.25) is 14.5 Å². The van der Waals surface area contributed by atoms with Crippen molar-refractivity contribution in [3.05, 3.63) is 30.1 Å². The van der Waals surface area contributed by atoms with Gasteiger partial charge in [-0.05, 0) is 32.9 Å². The van der Waals surface area contributed by atoms with Gasteiger partial charge in [-0.15, -0.1) is 0 Å². The van der Waals surface area contributed by atoms with E-state index in [9.17, 15) is 4.79 Å². The fourth-order valence-corrected chi connectivity index (χ4v) is 3.67. The number of piperazine rings is 1. The SMILES string of the molecule is CCN1CCN(c2nc(-c3ccccn3)nc3c2c(C)nn3C)C(C)C1=O. The van der Waals surface area contributed by atoms with Gasteiger partial charge in [0.1, 0.15) is 17.6 Å². The molecule has 0 N–H and O–H groups in total. The summed E-state index contributed by atoms with van der Waals surface area (Å²) in [5.41, 5.74) is 2.30.